The van der Waals surface area contributed by atoms with Crippen LogP contribution < -0.4 is 5.73 Å². The molecule has 0 aromatic carbocycles. The summed E-state index contributed by atoms with van der Waals surface area (Å²) < 4.78 is 0. The van der Waals surface area contributed by atoms with E-state index in [9.17, 15) is 4.79 Å². The zero-order chi connectivity index (χ0) is 16.5. The highest BCUT2D eigenvalue weighted by molar-refractivity contribution is 7.07. The van der Waals surface area contributed by atoms with E-state index in [4.69, 9.17) is 5.73 Å². The van der Waals surface area contributed by atoms with Crippen molar-refractivity contribution in [2.75, 3.05) is 26.2 Å². The lowest BCUT2D eigenvalue weighted by Gasteiger charge is -2.45. The average Bonchev–Trinajstić information content (AvgIpc) is 3.08. The molecule has 2 heterocycles. The molecule has 2 N–H and O–H groups in total. The molecule has 148 valence electrons. The van der Waals surface area contributed by atoms with E-state index in [0.29, 0.717) is 23.8 Å². The van der Waals surface area contributed by atoms with Crippen LogP contribution in [0.2, 0.25) is 0 Å². The van der Waals surface area contributed by atoms with Crippen molar-refractivity contribution in [2.24, 2.45) is 23.5 Å². The van der Waals surface area contributed by atoms with E-state index < -0.39 is 0 Å². The van der Waals surface area contributed by atoms with Crippen LogP contribution in [0.3, 0.4) is 0 Å². The second-order valence-electron chi connectivity index (χ2n) is 7.78. The highest BCUT2D eigenvalue weighted by Crippen LogP contribution is 2.42. The molecule has 2 saturated carbocycles. The molecule has 1 aromatic rings. The van der Waals surface area contributed by atoms with Crippen LogP contribution in [0.5, 0.6) is 0 Å². The lowest BCUT2D eigenvalue weighted by atomic mass is 9.65. The number of aromatic nitrogens is 1. The maximum atomic E-state index is 13.0. The number of halogens is 2. The lowest BCUT2D eigenvalue weighted by molar-refractivity contribution is -0.140. The van der Waals surface area contributed by atoms with Crippen molar-refractivity contribution in [1.29, 1.82) is 0 Å². The van der Waals surface area contributed by atoms with Crippen LogP contribution in [0.15, 0.2) is 10.9 Å². The predicted molar refractivity (Wildman–Crippen MR) is 110 cm³/mol. The quantitative estimate of drug-likeness (QED) is 0.816. The van der Waals surface area contributed by atoms with Crippen molar-refractivity contribution in [3.8, 4) is 0 Å². The van der Waals surface area contributed by atoms with Gasteiger partial charge in [-0.05, 0) is 37.5 Å². The molecule has 5 nitrogen and oxygen atoms in total. The number of fused-ring (bicyclic) bond motifs is 2. The predicted octanol–water partition coefficient (Wildman–Crippen LogP) is 2.78. The summed E-state index contributed by atoms with van der Waals surface area (Å²) >= 11 is 1.65. The number of nitrogens with two attached hydrogens (primary N) is 1. The molecule has 3 fully saturated rings. The van der Waals surface area contributed by atoms with Gasteiger partial charge in [0.1, 0.15) is 0 Å². The average molecular weight is 421 g/mol. The fraction of sp³-hybridized carbons (Fsp3) is 0.778. The number of hydrogen-bond donors (Lipinski definition) is 1. The molecule has 2 atom stereocenters. The number of carbonyl (C=O) groups excluding carboxylic acids is 1. The molecule has 0 spiro atoms. The van der Waals surface area contributed by atoms with Gasteiger partial charge in [0.2, 0.25) is 5.91 Å². The van der Waals surface area contributed by atoms with Gasteiger partial charge in [0.15, 0.2) is 0 Å². The molecule has 1 amide bonds. The Balaban J connectivity index is 0.00000121. The molecular formula is C18H30Cl2N4OS. The summed E-state index contributed by atoms with van der Waals surface area (Å²) in [6.07, 6.45) is 5.80. The summed E-state index contributed by atoms with van der Waals surface area (Å²) in [5.74, 6) is 1.78. The second kappa shape index (κ2) is 9.69. The van der Waals surface area contributed by atoms with Crippen LogP contribution >= 0.6 is 36.2 Å². The van der Waals surface area contributed by atoms with Gasteiger partial charge in [0.25, 0.3) is 0 Å². The number of hydrogen-bond acceptors (Lipinski definition) is 5. The van der Waals surface area contributed by atoms with E-state index in [1.54, 1.807) is 11.3 Å². The largest absolute Gasteiger partial charge is 0.340 e. The molecule has 1 aliphatic heterocycles. The van der Waals surface area contributed by atoms with Crippen LogP contribution in [-0.4, -0.2) is 52.9 Å². The summed E-state index contributed by atoms with van der Waals surface area (Å²) in [6.45, 7) is 4.56. The summed E-state index contributed by atoms with van der Waals surface area (Å²) in [7, 11) is 0. The lowest BCUT2D eigenvalue weighted by Crippen LogP contribution is -2.53. The molecule has 2 aliphatic carbocycles. The molecule has 8 heteroatoms. The first-order chi connectivity index (χ1) is 11.7. The van der Waals surface area contributed by atoms with Crippen molar-refractivity contribution in [1.82, 2.24) is 14.8 Å². The zero-order valence-corrected chi connectivity index (χ0v) is 17.5. The highest BCUT2D eigenvalue weighted by Gasteiger charge is 2.41. The second-order valence-corrected chi connectivity index (χ2v) is 8.50. The number of thiazole rings is 1. The van der Waals surface area contributed by atoms with E-state index in [-0.39, 0.29) is 30.7 Å². The van der Waals surface area contributed by atoms with Gasteiger partial charge in [-0.25, -0.2) is 4.98 Å². The van der Waals surface area contributed by atoms with E-state index in [1.165, 1.54) is 19.3 Å². The Morgan fingerprint density at radius 2 is 1.81 bits per heavy atom. The minimum atomic E-state index is 0. The van der Waals surface area contributed by atoms with Crippen LogP contribution in [0, 0.1) is 17.8 Å². The zero-order valence-electron chi connectivity index (χ0n) is 15.1. The molecule has 1 aromatic heterocycles. The molecule has 2 bridgehead atoms. The Morgan fingerprint density at radius 1 is 1.15 bits per heavy atom. The highest BCUT2D eigenvalue weighted by atomic mass is 35.5. The first-order valence-corrected chi connectivity index (χ1v) is 10.3. The van der Waals surface area contributed by atoms with Crippen LogP contribution in [0.1, 0.15) is 37.8 Å². The van der Waals surface area contributed by atoms with Gasteiger partial charge in [-0.3, -0.25) is 9.69 Å². The molecule has 26 heavy (non-hydrogen) atoms. The first kappa shape index (κ1) is 21.9. The molecule has 4 rings (SSSR count). The van der Waals surface area contributed by atoms with E-state index in [1.807, 2.05) is 5.51 Å². The Hall–Kier alpha value is -0.400. The SMILES string of the molecule is Cl.Cl.NC1C2CCCC1CC(C(=O)N1CCN(Cc3cscn3)CC1)C2. The van der Waals surface area contributed by atoms with E-state index in [0.717, 1.165) is 51.3 Å². The van der Waals surface area contributed by atoms with Crippen molar-refractivity contribution >= 4 is 42.1 Å². The fourth-order valence-corrected chi connectivity index (χ4v) is 5.47. The van der Waals surface area contributed by atoms with Crippen molar-refractivity contribution in [3.63, 3.8) is 0 Å². The van der Waals surface area contributed by atoms with Gasteiger partial charge in [0, 0.05) is 50.1 Å². The van der Waals surface area contributed by atoms with Crippen molar-refractivity contribution in [3.05, 3.63) is 16.6 Å². The smallest absolute Gasteiger partial charge is 0.225 e. The summed E-state index contributed by atoms with van der Waals surface area (Å²) in [5.41, 5.74) is 9.41. The number of carbonyl (C=O) groups is 1. The molecule has 1 saturated heterocycles. The minimum Gasteiger partial charge on any atom is -0.340 e. The Kier molecular flexibility index (Phi) is 8.16. The normalized spacial score (nSPS) is 31.7. The van der Waals surface area contributed by atoms with Gasteiger partial charge in [-0.15, -0.1) is 36.2 Å². The summed E-state index contributed by atoms with van der Waals surface area (Å²) in [6, 6.07) is 0.345. The fourth-order valence-electron chi connectivity index (χ4n) is 4.92. The molecule has 2 unspecified atom stereocenters. The molecular weight excluding hydrogens is 391 g/mol. The number of amides is 1. The monoisotopic (exact) mass is 420 g/mol. The van der Waals surface area contributed by atoms with Crippen molar-refractivity contribution in [2.45, 2.75) is 44.7 Å². The summed E-state index contributed by atoms with van der Waals surface area (Å²) in [5, 5.41) is 2.11. The van der Waals surface area contributed by atoms with Crippen molar-refractivity contribution < 1.29 is 4.79 Å². The standard InChI is InChI=1S/C18H28N4OS.2ClH/c19-17-13-2-1-3-14(17)9-15(8-13)18(23)22-6-4-21(5-7-22)10-16-11-24-12-20-16;;/h11-15,17H,1-10,19H2;2*1H. The maximum Gasteiger partial charge on any atom is 0.225 e. The van der Waals surface area contributed by atoms with Crippen LogP contribution in [0.4, 0.5) is 0 Å². The van der Waals surface area contributed by atoms with Gasteiger partial charge in [-0.1, -0.05) is 6.42 Å². The van der Waals surface area contributed by atoms with Gasteiger partial charge in [-0.2, -0.15) is 0 Å². The third-order valence-corrected chi connectivity index (χ3v) is 6.95. The van der Waals surface area contributed by atoms with Gasteiger partial charge < -0.3 is 10.6 Å². The molecule has 3 aliphatic rings. The topological polar surface area (TPSA) is 62.5 Å². The number of piperazine rings is 1. The maximum absolute atomic E-state index is 13.0. The number of rotatable bonds is 3. The summed E-state index contributed by atoms with van der Waals surface area (Å²) in [4.78, 5) is 21.8. The Labute approximate surface area is 172 Å². The van der Waals surface area contributed by atoms with E-state index >= 15 is 0 Å². The minimum absolute atomic E-state index is 0. The Bertz CT molecular complexity index is 552. The third kappa shape index (κ3) is 4.71. The Morgan fingerprint density at radius 3 is 2.38 bits per heavy atom. The number of nitrogens with zero attached hydrogens (tertiary/aromatic N) is 3. The van der Waals surface area contributed by atoms with E-state index in [2.05, 4.69) is 20.2 Å². The first-order valence-electron chi connectivity index (χ1n) is 9.34. The van der Waals surface area contributed by atoms with Crippen LogP contribution in [0.25, 0.3) is 0 Å². The van der Waals surface area contributed by atoms with Gasteiger partial charge >= 0.3 is 0 Å². The third-order valence-electron chi connectivity index (χ3n) is 6.32. The van der Waals surface area contributed by atoms with Crippen LogP contribution in [-0.2, 0) is 11.3 Å². The van der Waals surface area contributed by atoms with Gasteiger partial charge in [0.05, 0.1) is 11.2 Å². The molecule has 0 radical (unpaired) electrons.